The van der Waals surface area contributed by atoms with E-state index >= 15 is 0 Å². The van der Waals surface area contributed by atoms with E-state index in [0.29, 0.717) is 5.56 Å². The van der Waals surface area contributed by atoms with Crippen LogP contribution >= 0.6 is 0 Å². The summed E-state index contributed by atoms with van der Waals surface area (Å²) in [5.74, 6) is -0.0755. The van der Waals surface area contributed by atoms with Crippen molar-refractivity contribution in [3.63, 3.8) is 0 Å². The van der Waals surface area contributed by atoms with Crippen LogP contribution in [0.25, 0.3) is 0 Å². The SMILES string of the molecule is O=C(c1ccc([N+](=O)[O-])cc1)C1CCCc2ccccc21. The average molecular weight is 281 g/mol. The molecule has 4 heteroatoms. The number of nitro groups is 1. The molecule has 0 aliphatic heterocycles. The van der Waals surface area contributed by atoms with Crippen LogP contribution < -0.4 is 0 Å². The Morgan fingerprint density at radius 2 is 1.81 bits per heavy atom. The van der Waals surface area contributed by atoms with Crippen molar-refractivity contribution in [1.29, 1.82) is 0 Å². The van der Waals surface area contributed by atoms with Crippen LogP contribution in [0.5, 0.6) is 0 Å². The molecule has 1 aliphatic carbocycles. The third-order valence-corrected chi connectivity index (χ3v) is 4.05. The quantitative estimate of drug-likeness (QED) is 0.487. The number of hydrogen-bond donors (Lipinski definition) is 0. The largest absolute Gasteiger partial charge is 0.293 e. The number of hydrogen-bond acceptors (Lipinski definition) is 3. The third kappa shape index (κ3) is 2.57. The number of benzene rings is 2. The summed E-state index contributed by atoms with van der Waals surface area (Å²) in [7, 11) is 0. The smallest absolute Gasteiger partial charge is 0.269 e. The first-order valence-electron chi connectivity index (χ1n) is 7.03. The van der Waals surface area contributed by atoms with Gasteiger partial charge in [0.2, 0.25) is 0 Å². The van der Waals surface area contributed by atoms with Gasteiger partial charge in [-0.2, -0.15) is 0 Å². The fourth-order valence-electron chi connectivity index (χ4n) is 2.97. The summed E-state index contributed by atoms with van der Waals surface area (Å²) in [6.45, 7) is 0. The number of Topliss-reactive ketones (excluding diaryl/α,β-unsaturated/α-hetero) is 1. The summed E-state index contributed by atoms with van der Waals surface area (Å²) in [6, 6.07) is 13.9. The molecule has 0 fully saturated rings. The molecule has 21 heavy (non-hydrogen) atoms. The molecule has 0 saturated heterocycles. The van der Waals surface area contributed by atoms with Gasteiger partial charge in [0.15, 0.2) is 5.78 Å². The minimum absolute atomic E-state index is 0.00981. The van der Waals surface area contributed by atoms with Gasteiger partial charge in [-0.15, -0.1) is 0 Å². The highest BCUT2D eigenvalue weighted by Gasteiger charge is 2.27. The summed E-state index contributed by atoms with van der Waals surface area (Å²) in [6.07, 6.45) is 2.85. The highest BCUT2D eigenvalue weighted by molar-refractivity contribution is 6.01. The third-order valence-electron chi connectivity index (χ3n) is 4.05. The van der Waals surface area contributed by atoms with Crippen LogP contribution in [0.15, 0.2) is 48.5 Å². The summed E-state index contributed by atoms with van der Waals surface area (Å²) in [5, 5.41) is 10.7. The van der Waals surface area contributed by atoms with E-state index in [2.05, 4.69) is 6.07 Å². The number of ketones is 1. The van der Waals surface area contributed by atoms with Crippen molar-refractivity contribution in [1.82, 2.24) is 0 Å². The first-order valence-corrected chi connectivity index (χ1v) is 7.03. The first kappa shape index (κ1) is 13.5. The Morgan fingerprint density at radius 1 is 1.10 bits per heavy atom. The topological polar surface area (TPSA) is 60.2 Å². The number of non-ortho nitro benzene ring substituents is 1. The fraction of sp³-hybridized carbons (Fsp3) is 0.235. The maximum Gasteiger partial charge on any atom is 0.269 e. The average Bonchev–Trinajstić information content (AvgIpc) is 2.53. The second kappa shape index (κ2) is 5.48. The number of fused-ring (bicyclic) bond motifs is 1. The molecular weight excluding hydrogens is 266 g/mol. The van der Waals surface area contributed by atoms with Crippen molar-refractivity contribution in [2.75, 3.05) is 0 Å². The molecule has 0 heterocycles. The molecule has 0 radical (unpaired) electrons. The van der Waals surface area contributed by atoms with Crippen molar-refractivity contribution < 1.29 is 9.72 Å². The van der Waals surface area contributed by atoms with E-state index in [0.717, 1.165) is 24.8 Å². The van der Waals surface area contributed by atoms with Crippen molar-refractivity contribution in [3.8, 4) is 0 Å². The number of nitro benzene ring substituents is 1. The second-order valence-corrected chi connectivity index (χ2v) is 5.31. The molecular formula is C17H15NO3. The monoisotopic (exact) mass is 281 g/mol. The lowest BCUT2D eigenvalue weighted by Crippen LogP contribution is -2.18. The van der Waals surface area contributed by atoms with Crippen LogP contribution in [0.2, 0.25) is 0 Å². The molecule has 0 bridgehead atoms. The summed E-state index contributed by atoms with van der Waals surface area (Å²) in [4.78, 5) is 22.9. The fourth-order valence-corrected chi connectivity index (χ4v) is 2.97. The van der Waals surface area contributed by atoms with Gasteiger partial charge in [-0.3, -0.25) is 14.9 Å². The van der Waals surface area contributed by atoms with E-state index in [-0.39, 0.29) is 17.4 Å². The first-order chi connectivity index (χ1) is 10.2. The zero-order chi connectivity index (χ0) is 14.8. The van der Waals surface area contributed by atoms with Crippen LogP contribution in [0, 0.1) is 10.1 Å². The molecule has 106 valence electrons. The number of nitrogens with zero attached hydrogens (tertiary/aromatic N) is 1. The number of aryl methyl sites for hydroxylation is 1. The lowest BCUT2D eigenvalue weighted by atomic mass is 9.79. The molecule has 0 spiro atoms. The maximum atomic E-state index is 12.7. The van der Waals surface area contributed by atoms with E-state index in [1.165, 1.54) is 17.7 Å². The van der Waals surface area contributed by atoms with E-state index in [9.17, 15) is 14.9 Å². The molecule has 1 atom stereocenters. The predicted octanol–water partition coefficient (Wildman–Crippen LogP) is 3.90. The van der Waals surface area contributed by atoms with E-state index in [1.54, 1.807) is 12.1 Å². The number of rotatable bonds is 3. The molecule has 3 rings (SSSR count). The minimum Gasteiger partial charge on any atom is -0.293 e. The molecule has 1 aliphatic rings. The van der Waals surface area contributed by atoms with Crippen LogP contribution in [0.1, 0.15) is 40.2 Å². The lowest BCUT2D eigenvalue weighted by molar-refractivity contribution is -0.384. The van der Waals surface area contributed by atoms with Crippen molar-refractivity contribution >= 4 is 11.5 Å². The predicted molar refractivity (Wildman–Crippen MR) is 79.5 cm³/mol. The van der Waals surface area contributed by atoms with Gasteiger partial charge in [0.25, 0.3) is 5.69 Å². The molecule has 2 aromatic carbocycles. The Hall–Kier alpha value is -2.49. The Kier molecular flexibility index (Phi) is 3.52. The molecule has 0 aromatic heterocycles. The van der Waals surface area contributed by atoms with E-state index in [4.69, 9.17) is 0 Å². The molecule has 2 aromatic rings. The highest BCUT2D eigenvalue weighted by atomic mass is 16.6. The van der Waals surface area contributed by atoms with Crippen LogP contribution in [-0.2, 0) is 6.42 Å². The summed E-state index contributed by atoms with van der Waals surface area (Å²) >= 11 is 0. The van der Waals surface area contributed by atoms with Crippen LogP contribution in [-0.4, -0.2) is 10.7 Å². The standard InChI is InChI=1S/C17H15NO3/c19-17(13-8-10-14(11-9-13)18(20)21)16-7-3-5-12-4-1-2-6-15(12)16/h1-2,4,6,8-11,16H,3,5,7H2. The number of carbonyl (C=O) groups excluding carboxylic acids is 1. The Balaban J connectivity index is 1.91. The summed E-state index contributed by atoms with van der Waals surface area (Å²) < 4.78 is 0. The summed E-state index contributed by atoms with van der Waals surface area (Å²) in [5.41, 5.74) is 2.90. The van der Waals surface area contributed by atoms with Gasteiger partial charge in [0.1, 0.15) is 0 Å². The van der Waals surface area contributed by atoms with Crippen LogP contribution in [0.3, 0.4) is 0 Å². The zero-order valence-electron chi connectivity index (χ0n) is 11.5. The van der Waals surface area contributed by atoms with Crippen LogP contribution in [0.4, 0.5) is 5.69 Å². The molecule has 0 N–H and O–H groups in total. The van der Waals surface area contributed by atoms with E-state index < -0.39 is 4.92 Å². The zero-order valence-corrected chi connectivity index (χ0v) is 11.5. The molecule has 4 nitrogen and oxygen atoms in total. The van der Waals surface area contributed by atoms with Gasteiger partial charge < -0.3 is 0 Å². The lowest BCUT2D eigenvalue weighted by Gasteiger charge is -2.24. The van der Waals surface area contributed by atoms with E-state index in [1.807, 2.05) is 18.2 Å². The Bertz CT molecular complexity index is 691. The normalized spacial score (nSPS) is 17.0. The van der Waals surface area contributed by atoms with Crippen molar-refractivity contribution in [2.24, 2.45) is 0 Å². The van der Waals surface area contributed by atoms with Crippen molar-refractivity contribution in [2.45, 2.75) is 25.2 Å². The Morgan fingerprint density at radius 3 is 2.52 bits per heavy atom. The molecule has 0 saturated carbocycles. The van der Waals surface area contributed by atoms with Gasteiger partial charge in [-0.1, -0.05) is 24.3 Å². The van der Waals surface area contributed by atoms with Gasteiger partial charge >= 0.3 is 0 Å². The molecule has 0 amide bonds. The highest BCUT2D eigenvalue weighted by Crippen LogP contribution is 2.34. The maximum absolute atomic E-state index is 12.7. The van der Waals surface area contributed by atoms with Gasteiger partial charge in [0.05, 0.1) is 4.92 Å². The minimum atomic E-state index is -0.454. The number of carbonyl (C=O) groups is 1. The van der Waals surface area contributed by atoms with Gasteiger partial charge in [0, 0.05) is 23.6 Å². The van der Waals surface area contributed by atoms with Gasteiger partial charge in [-0.05, 0) is 42.5 Å². The second-order valence-electron chi connectivity index (χ2n) is 5.31. The van der Waals surface area contributed by atoms with Crippen molar-refractivity contribution in [3.05, 3.63) is 75.3 Å². The molecule has 1 unspecified atom stereocenters. The Labute approximate surface area is 122 Å². The van der Waals surface area contributed by atoms with Gasteiger partial charge in [-0.25, -0.2) is 0 Å².